The minimum Gasteiger partial charge on any atom is -0.348 e. The van der Waals surface area contributed by atoms with Crippen molar-refractivity contribution in [3.8, 4) is 0 Å². The average molecular weight is 334 g/mol. The molecule has 1 amide bonds. The van der Waals surface area contributed by atoms with Gasteiger partial charge in [0, 0.05) is 16.7 Å². The highest BCUT2D eigenvalue weighted by Gasteiger charge is 2.29. The second-order valence-corrected chi connectivity index (χ2v) is 8.13. The van der Waals surface area contributed by atoms with Gasteiger partial charge in [-0.15, -0.1) is 0 Å². The summed E-state index contributed by atoms with van der Waals surface area (Å²) in [6, 6.07) is -0.0133. The largest absolute Gasteiger partial charge is 0.348 e. The molecule has 0 aliphatic heterocycles. The number of aryl methyl sites for hydroxylation is 1. The van der Waals surface area contributed by atoms with Crippen LogP contribution in [0, 0.1) is 12.8 Å². The van der Waals surface area contributed by atoms with Crippen molar-refractivity contribution in [3.63, 3.8) is 0 Å². The van der Waals surface area contributed by atoms with Crippen LogP contribution in [-0.2, 0) is 9.05 Å². The predicted molar refractivity (Wildman–Crippen MR) is 79.9 cm³/mol. The van der Waals surface area contributed by atoms with E-state index in [1.54, 1.807) is 0 Å². The number of nitrogens with one attached hydrogen (secondary N) is 2. The van der Waals surface area contributed by atoms with Crippen LogP contribution < -0.4 is 5.32 Å². The van der Waals surface area contributed by atoms with E-state index in [0.717, 1.165) is 12.8 Å². The van der Waals surface area contributed by atoms with Gasteiger partial charge in [-0.3, -0.25) is 9.89 Å². The zero-order valence-corrected chi connectivity index (χ0v) is 13.7. The second kappa shape index (κ2) is 6.36. The highest BCUT2D eigenvalue weighted by Crippen LogP contribution is 2.27. The summed E-state index contributed by atoms with van der Waals surface area (Å²) in [5.74, 6) is -0.0737. The lowest BCUT2D eigenvalue weighted by molar-refractivity contribution is 0.0911. The Morgan fingerprint density at radius 3 is 2.57 bits per heavy atom. The number of hydrogen-bond acceptors (Lipinski definition) is 4. The fourth-order valence-electron chi connectivity index (χ4n) is 2.90. The molecule has 2 rings (SSSR count). The van der Waals surface area contributed by atoms with E-state index < -0.39 is 15.0 Å². The van der Waals surface area contributed by atoms with Gasteiger partial charge in [-0.05, 0) is 32.6 Å². The molecule has 0 spiro atoms. The number of amides is 1. The molecule has 1 unspecified atom stereocenters. The van der Waals surface area contributed by atoms with E-state index in [4.69, 9.17) is 10.7 Å². The molecular formula is C13H20ClN3O3S. The Bertz CT molecular complexity index is 621. The van der Waals surface area contributed by atoms with Gasteiger partial charge in [0.2, 0.25) is 0 Å². The van der Waals surface area contributed by atoms with Crippen molar-refractivity contribution in [3.05, 3.63) is 11.4 Å². The molecular weight excluding hydrogens is 314 g/mol. The van der Waals surface area contributed by atoms with Crippen LogP contribution in [0.25, 0.3) is 0 Å². The van der Waals surface area contributed by atoms with E-state index >= 15 is 0 Å². The lowest BCUT2D eigenvalue weighted by Crippen LogP contribution is -2.39. The number of aromatic amines is 1. The van der Waals surface area contributed by atoms with E-state index in [9.17, 15) is 13.2 Å². The van der Waals surface area contributed by atoms with Gasteiger partial charge in [0.15, 0.2) is 5.69 Å². The van der Waals surface area contributed by atoms with Crippen LogP contribution in [0.15, 0.2) is 4.90 Å². The van der Waals surface area contributed by atoms with E-state index in [0.29, 0.717) is 5.92 Å². The average Bonchev–Trinajstić information content (AvgIpc) is 2.81. The first kappa shape index (κ1) is 16.3. The van der Waals surface area contributed by atoms with Crippen molar-refractivity contribution >= 4 is 25.6 Å². The van der Waals surface area contributed by atoms with Crippen LogP contribution in [0.4, 0.5) is 0 Å². The van der Waals surface area contributed by atoms with E-state index in [1.807, 2.05) is 6.92 Å². The van der Waals surface area contributed by atoms with Gasteiger partial charge >= 0.3 is 0 Å². The van der Waals surface area contributed by atoms with Gasteiger partial charge in [0.05, 0.1) is 5.69 Å². The first-order valence-electron chi connectivity index (χ1n) is 7.11. The number of halogens is 1. The quantitative estimate of drug-likeness (QED) is 0.827. The molecule has 0 saturated heterocycles. The van der Waals surface area contributed by atoms with Crippen LogP contribution in [0.2, 0.25) is 0 Å². The highest BCUT2D eigenvalue weighted by atomic mass is 35.7. The summed E-state index contributed by atoms with van der Waals surface area (Å²) in [5.41, 5.74) is 0.102. The van der Waals surface area contributed by atoms with Gasteiger partial charge in [-0.25, -0.2) is 8.42 Å². The van der Waals surface area contributed by atoms with Crippen molar-refractivity contribution in [1.82, 2.24) is 15.5 Å². The Hall–Kier alpha value is -1.08. The molecule has 0 aromatic carbocycles. The first-order valence-corrected chi connectivity index (χ1v) is 9.42. The minimum atomic E-state index is -4.01. The van der Waals surface area contributed by atoms with Crippen molar-refractivity contribution < 1.29 is 13.2 Å². The molecule has 1 aromatic heterocycles. The normalized spacial score (nSPS) is 18.4. The zero-order chi connectivity index (χ0) is 15.6. The Labute approximate surface area is 129 Å². The Balaban J connectivity index is 2.14. The Morgan fingerprint density at radius 2 is 2.00 bits per heavy atom. The number of rotatable bonds is 4. The summed E-state index contributed by atoms with van der Waals surface area (Å²) in [4.78, 5) is 12.0. The molecule has 1 aromatic rings. The van der Waals surface area contributed by atoms with Gasteiger partial charge in [-0.2, -0.15) is 5.10 Å². The summed E-state index contributed by atoms with van der Waals surface area (Å²) in [6.45, 7) is 3.46. The number of hydrogen-bond donors (Lipinski definition) is 2. The monoisotopic (exact) mass is 333 g/mol. The molecule has 118 valence electrons. The van der Waals surface area contributed by atoms with Gasteiger partial charge < -0.3 is 5.32 Å². The smallest absolute Gasteiger partial charge is 0.273 e. The maximum atomic E-state index is 12.3. The van der Waals surface area contributed by atoms with E-state index in [-0.39, 0.29) is 22.3 Å². The number of nitrogens with zero attached hydrogens (tertiary/aromatic N) is 1. The molecule has 1 fully saturated rings. The summed E-state index contributed by atoms with van der Waals surface area (Å²) >= 11 is 0. The van der Waals surface area contributed by atoms with Crippen LogP contribution in [0.3, 0.4) is 0 Å². The fraction of sp³-hybridized carbons (Fsp3) is 0.692. The van der Waals surface area contributed by atoms with E-state index in [2.05, 4.69) is 15.5 Å². The van der Waals surface area contributed by atoms with Crippen molar-refractivity contribution in [1.29, 1.82) is 0 Å². The van der Waals surface area contributed by atoms with Crippen molar-refractivity contribution in [2.75, 3.05) is 0 Å². The molecule has 21 heavy (non-hydrogen) atoms. The van der Waals surface area contributed by atoms with Gasteiger partial charge in [0.1, 0.15) is 4.90 Å². The number of aromatic nitrogens is 2. The van der Waals surface area contributed by atoms with Crippen LogP contribution >= 0.6 is 10.7 Å². The first-order chi connectivity index (χ1) is 9.80. The maximum absolute atomic E-state index is 12.3. The highest BCUT2D eigenvalue weighted by molar-refractivity contribution is 8.13. The predicted octanol–water partition coefficient (Wildman–Crippen LogP) is 2.34. The Morgan fingerprint density at radius 1 is 1.38 bits per heavy atom. The second-order valence-electron chi connectivity index (χ2n) is 5.62. The summed E-state index contributed by atoms with van der Waals surface area (Å²) in [5, 5.41) is 9.13. The molecule has 1 atom stereocenters. The molecule has 8 heteroatoms. The summed E-state index contributed by atoms with van der Waals surface area (Å²) < 4.78 is 23.1. The van der Waals surface area contributed by atoms with Crippen molar-refractivity contribution in [2.24, 2.45) is 5.92 Å². The van der Waals surface area contributed by atoms with Crippen LogP contribution in [-0.4, -0.2) is 30.6 Å². The molecule has 1 saturated carbocycles. The zero-order valence-electron chi connectivity index (χ0n) is 12.1. The third kappa shape index (κ3) is 3.77. The fourth-order valence-corrected chi connectivity index (χ4v) is 4.25. The third-order valence-electron chi connectivity index (χ3n) is 4.07. The molecule has 2 N–H and O–H groups in total. The van der Waals surface area contributed by atoms with Crippen molar-refractivity contribution in [2.45, 2.75) is 56.9 Å². The van der Waals surface area contributed by atoms with Gasteiger partial charge in [-0.1, -0.05) is 19.3 Å². The summed E-state index contributed by atoms with van der Waals surface area (Å²) in [6.07, 6.45) is 5.76. The molecule has 0 bridgehead atoms. The number of carbonyl (C=O) groups is 1. The van der Waals surface area contributed by atoms with E-state index in [1.165, 1.54) is 26.2 Å². The summed E-state index contributed by atoms with van der Waals surface area (Å²) in [7, 11) is 1.36. The molecule has 1 aliphatic carbocycles. The van der Waals surface area contributed by atoms with Gasteiger partial charge in [0.25, 0.3) is 15.0 Å². The lowest BCUT2D eigenvalue weighted by Gasteiger charge is -2.28. The van der Waals surface area contributed by atoms with Crippen LogP contribution in [0.5, 0.6) is 0 Å². The number of H-pyrrole nitrogens is 1. The van der Waals surface area contributed by atoms with Crippen LogP contribution in [0.1, 0.15) is 55.2 Å². The molecule has 1 heterocycles. The maximum Gasteiger partial charge on any atom is 0.273 e. The SMILES string of the molecule is Cc1[nH]nc(C(=O)NC(C)C2CCCCC2)c1S(=O)(=O)Cl. The molecule has 6 nitrogen and oxygen atoms in total. The molecule has 1 aliphatic rings. The molecule has 0 radical (unpaired) electrons. The standard InChI is InChI=1S/C13H20ClN3O3S/c1-8(10-6-4-3-5-7-10)15-13(18)11-12(21(14,19)20)9(2)16-17-11/h8,10H,3-7H2,1-2H3,(H,15,18)(H,16,17). The minimum absolute atomic E-state index is 0.0133. The lowest BCUT2D eigenvalue weighted by atomic mass is 9.84. The third-order valence-corrected chi connectivity index (χ3v) is 5.52. The Kier molecular flexibility index (Phi) is 4.93. The number of carbonyl (C=O) groups excluding carboxylic acids is 1. The topological polar surface area (TPSA) is 91.9 Å².